The Morgan fingerprint density at radius 2 is 1.74 bits per heavy atom. The molecule has 0 fully saturated rings. The van der Waals surface area contributed by atoms with Gasteiger partial charge in [0.25, 0.3) is 0 Å². The molecule has 2 aromatic carbocycles. The number of nitrogens with zero attached hydrogens (tertiary/aromatic N) is 3. The molecule has 1 N–H and O–H groups in total. The Labute approximate surface area is 134 Å². The number of hydrogen-bond donors (Lipinski definition) is 1. The molecule has 3 aromatic rings. The molecule has 0 radical (unpaired) electrons. The summed E-state index contributed by atoms with van der Waals surface area (Å²) < 4.78 is 0. The summed E-state index contributed by atoms with van der Waals surface area (Å²) in [7, 11) is 0. The minimum atomic E-state index is 0.560. The molecule has 0 atom stereocenters. The summed E-state index contributed by atoms with van der Waals surface area (Å²) in [6, 6.07) is 23.4. The summed E-state index contributed by atoms with van der Waals surface area (Å²) >= 11 is 0. The van der Waals surface area contributed by atoms with Gasteiger partial charge in [-0.05, 0) is 29.8 Å². The summed E-state index contributed by atoms with van der Waals surface area (Å²) in [5.74, 6) is 0. The molecule has 0 saturated carbocycles. The number of benzene rings is 2. The van der Waals surface area contributed by atoms with E-state index in [0.717, 1.165) is 22.5 Å². The van der Waals surface area contributed by atoms with Crippen LogP contribution in [-0.4, -0.2) is 11.2 Å². The Hall–Kier alpha value is -3.45. The SMILES string of the molecule is N#Cc1ccc(-c2ccc(C=NNc3ccccc3)cc2)nc1. The minimum Gasteiger partial charge on any atom is -0.279 e. The molecule has 4 nitrogen and oxygen atoms in total. The maximum absolute atomic E-state index is 8.79. The molecule has 0 unspecified atom stereocenters. The number of nitriles is 1. The number of hydrogen-bond acceptors (Lipinski definition) is 4. The van der Waals surface area contributed by atoms with Crippen LogP contribution in [0.15, 0.2) is 78.0 Å². The van der Waals surface area contributed by atoms with Gasteiger partial charge in [-0.3, -0.25) is 10.4 Å². The first-order valence-corrected chi connectivity index (χ1v) is 7.16. The van der Waals surface area contributed by atoms with E-state index in [1.54, 1.807) is 18.5 Å². The van der Waals surface area contributed by atoms with Crippen LogP contribution in [0.4, 0.5) is 5.69 Å². The zero-order chi connectivity index (χ0) is 15.9. The average molecular weight is 298 g/mol. The maximum atomic E-state index is 8.79. The predicted molar refractivity (Wildman–Crippen MR) is 92.0 cm³/mol. The molecule has 110 valence electrons. The van der Waals surface area contributed by atoms with Crippen molar-refractivity contribution in [1.29, 1.82) is 5.26 Å². The fraction of sp³-hybridized carbons (Fsp3) is 0. The molecule has 0 aliphatic carbocycles. The summed E-state index contributed by atoms with van der Waals surface area (Å²) in [5, 5.41) is 13.0. The monoisotopic (exact) mass is 298 g/mol. The Morgan fingerprint density at radius 3 is 2.39 bits per heavy atom. The number of anilines is 1. The van der Waals surface area contributed by atoms with Crippen molar-refractivity contribution in [2.45, 2.75) is 0 Å². The topological polar surface area (TPSA) is 61.1 Å². The van der Waals surface area contributed by atoms with Crippen LogP contribution in [0.1, 0.15) is 11.1 Å². The van der Waals surface area contributed by atoms with Gasteiger partial charge in [0.15, 0.2) is 0 Å². The Bertz CT molecular complexity index is 829. The van der Waals surface area contributed by atoms with E-state index in [1.165, 1.54) is 0 Å². The molecule has 0 bridgehead atoms. The standard InChI is InChI=1S/C19H14N4/c20-12-16-8-11-19(21-13-16)17-9-6-15(7-10-17)14-22-23-18-4-2-1-3-5-18/h1-11,13-14,23H. The van der Waals surface area contributed by atoms with Crippen molar-refractivity contribution in [1.82, 2.24) is 4.98 Å². The Kier molecular flexibility index (Phi) is 4.41. The van der Waals surface area contributed by atoms with E-state index >= 15 is 0 Å². The number of pyridine rings is 1. The highest BCUT2D eigenvalue weighted by Crippen LogP contribution is 2.17. The Morgan fingerprint density at radius 1 is 0.957 bits per heavy atom. The van der Waals surface area contributed by atoms with E-state index in [0.29, 0.717) is 5.56 Å². The summed E-state index contributed by atoms with van der Waals surface area (Å²) in [4.78, 5) is 4.28. The van der Waals surface area contributed by atoms with Gasteiger partial charge in [-0.15, -0.1) is 0 Å². The second-order valence-corrected chi connectivity index (χ2v) is 4.90. The summed E-state index contributed by atoms with van der Waals surface area (Å²) in [5.41, 5.74) is 7.32. The third kappa shape index (κ3) is 3.80. The minimum absolute atomic E-state index is 0.560. The lowest BCUT2D eigenvalue weighted by Crippen LogP contribution is -1.90. The van der Waals surface area contributed by atoms with Gasteiger partial charge in [-0.1, -0.05) is 42.5 Å². The van der Waals surface area contributed by atoms with E-state index < -0.39 is 0 Å². The van der Waals surface area contributed by atoms with E-state index in [4.69, 9.17) is 5.26 Å². The van der Waals surface area contributed by atoms with Gasteiger partial charge >= 0.3 is 0 Å². The van der Waals surface area contributed by atoms with Gasteiger partial charge < -0.3 is 0 Å². The van der Waals surface area contributed by atoms with Crippen LogP contribution in [0.5, 0.6) is 0 Å². The van der Waals surface area contributed by atoms with Gasteiger partial charge in [0, 0.05) is 11.8 Å². The fourth-order valence-corrected chi connectivity index (χ4v) is 2.06. The Balaban J connectivity index is 1.68. The van der Waals surface area contributed by atoms with Gasteiger partial charge in [-0.25, -0.2) is 0 Å². The molecule has 3 rings (SSSR count). The molecule has 1 aromatic heterocycles. The van der Waals surface area contributed by atoms with Crippen LogP contribution in [0.2, 0.25) is 0 Å². The van der Waals surface area contributed by atoms with Gasteiger partial charge in [0.1, 0.15) is 6.07 Å². The van der Waals surface area contributed by atoms with Gasteiger partial charge in [0.05, 0.1) is 23.2 Å². The lowest BCUT2D eigenvalue weighted by Gasteiger charge is -2.02. The van der Waals surface area contributed by atoms with Crippen molar-refractivity contribution in [3.8, 4) is 17.3 Å². The second-order valence-electron chi connectivity index (χ2n) is 4.90. The zero-order valence-corrected chi connectivity index (χ0v) is 12.3. The molecule has 0 aliphatic rings. The smallest absolute Gasteiger partial charge is 0.101 e. The summed E-state index contributed by atoms with van der Waals surface area (Å²) in [6.45, 7) is 0. The molecule has 23 heavy (non-hydrogen) atoms. The molecular weight excluding hydrogens is 284 g/mol. The largest absolute Gasteiger partial charge is 0.279 e. The number of aromatic nitrogens is 1. The average Bonchev–Trinajstić information content (AvgIpc) is 2.63. The normalized spacial score (nSPS) is 10.4. The molecule has 0 spiro atoms. The van der Waals surface area contributed by atoms with Crippen LogP contribution in [0.25, 0.3) is 11.3 Å². The molecule has 0 aliphatic heterocycles. The molecule has 4 heteroatoms. The second kappa shape index (κ2) is 7.01. The van der Waals surface area contributed by atoms with Crippen molar-refractivity contribution in [3.05, 3.63) is 84.1 Å². The molecule has 1 heterocycles. The lowest BCUT2D eigenvalue weighted by molar-refractivity contribution is 1.30. The van der Waals surface area contributed by atoms with Gasteiger partial charge in [0.2, 0.25) is 0 Å². The number of nitrogens with one attached hydrogen (secondary N) is 1. The van der Waals surface area contributed by atoms with Gasteiger partial charge in [-0.2, -0.15) is 10.4 Å². The van der Waals surface area contributed by atoms with Crippen LogP contribution in [-0.2, 0) is 0 Å². The van der Waals surface area contributed by atoms with Crippen LogP contribution >= 0.6 is 0 Å². The predicted octanol–water partition coefficient (Wildman–Crippen LogP) is 4.07. The maximum Gasteiger partial charge on any atom is 0.101 e. The number of rotatable bonds is 4. The first-order chi connectivity index (χ1) is 11.3. The van der Waals surface area contributed by atoms with E-state index in [2.05, 4.69) is 21.6 Å². The van der Waals surface area contributed by atoms with E-state index in [9.17, 15) is 0 Å². The third-order valence-corrected chi connectivity index (χ3v) is 3.28. The highest BCUT2D eigenvalue weighted by Gasteiger charge is 1.99. The molecule has 0 saturated heterocycles. The third-order valence-electron chi connectivity index (χ3n) is 3.28. The van der Waals surface area contributed by atoms with Crippen molar-refractivity contribution in [2.75, 3.05) is 5.43 Å². The van der Waals surface area contributed by atoms with E-state index in [1.807, 2.05) is 60.7 Å². The van der Waals surface area contributed by atoms with Crippen LogP contribution < -0.4 is 5.43 Å². The number of hydrazone groups is 1. The number of para-hydroxylation sites is 1. The fourth-order valence-electron chi connectivity index (χ4n) is 2.06. The highest BCUT2D eigenvalue weighted by atomic mass is 15.3. The van der Waals surface area contributed by atoms with Crippen LogP contribution in [0, 0.1) is 11.3 Å². The van der Waals surface area contributed by atoms with Crippen LogP contribution in [0.3, 0.4) is 0 Å². The van der Waals surface area contributed by atoms with Crippen molar-refractivity contribution < 1.29 is 0 Å². The lowest BCUT2D eigenvalue weighted by atomic mass is 10.1. The first-order valence-electron chi connectivity index (χ1n) is 7.16. The van der Waals surface area contributed by atoms with Crippen molar-refractivity contribution in [2.24, 2.45) is 5.10 Å². The summed E-state index contributed by atoms with van der Waals surface area (Å²) in [6.07, 6.45) is 3.34. The first kappa shape index (κ1) is 14.5. The zero-order valence-electron chi connectivity index (χ0n) is 12.3. The van der Waals surface area contributed by atoms with E-state index in [-0.39, 0.29) is 0 Å². The molecular formula is C19H14N4. The van der Waals surface area contributed by atoms with Crippen molar-refractivity contribution >= 4 is 11.9 Å². The highest BCUT2D eigenvalue weighted by molar-refractivity contribution is 5.81. The molecule has 0 amide bonds. The quantitative estimate of drug-likeness (QED) is 0.583. The van der Waals surface area contributed by atoms with Crippen molar-refractivity contribution in [3.63, 3.8) is 0 Å².